The average Bonchev–Trinajstić information content (AvgIpc) is 2.15. The van der Waals surface area contributed by atoms with E-state index in [0.29, 0.717) is 22.0 Å². The highest BCUT2D eigenvalue weighted by Crippen LogP contribution is 2.30. The van der Waals surface area contributed by atoms with Crippen molar-refractivity contribution in [2.45, 2.75) is 0 Å². The summed E-state index contributed by atoms with van der Waals surface area (Å²) in [7, 11) is 4.04. The van der Waals surface area contributed by atoms with E-state index in [1.807, 2.05) is 21.1 Å². The minimum absolute atomic E-state index is 0.118. The normalized spacial score (nSPS) is 13.5. The Morgan fingerprint density at radius 3 is 2.25 bits per heavy atom. The fourth-order valence-corrected chi connectivity index (χ4v) is 2.51. The summed E-state index contributed by atoms with van der Waals surface area (Å²) in [6.45, 7) is 0.326. The third-order valence-electron chi connectivity index (χ3n) is 1.98. The molecule has 0 aliphatic carbocycles. The SMILES string of the molecule is C[N+](C)(C)CC(=O)P(O)c1ccc(N)cc1. The van der Waals surface area contributed by atoms with Crippen LogP contribution < -0.4 is 11.0 Å². The molecule has 0 bridgehead atoms. The highest BCUT2D eigenvalue weighted by atomic mass is 31.1. The van der Waals surface area contributed by atoms with Gasteiger partial charge in [0, 0.05) is 11.0 Å². The Kier molecular flexibility index (Phi) is 4.03. The lowest BCUT2D eigenvalue weighted by Gasteiger charge is -2.23. The largest absolute Gasteiger partial charge is 0.399 e. The number of rotatable bonds is 4. The molecule has 5 heteroatoms. The summed E-state index contributed by atoms with van der Waals surface area (Å²) in [6, 6.07) is 6.80. The summed E-state index contributed by atoms with van der Waals surface area (Å²) in [5.41, 5.74) is 6.05. The molecule has 3 N–H and O–H groups in total. The van der Waals surface area contributed by atoms with E-state index >= 15 is 0 Å². The van der Waals surface area contributed by atoms with Gasteiger partial charge < -0.3 is 15.1 Å². The van der Waals surface area contributed by atoms with Gasteiger partial charge in [-0.15, -0.1) is 0 Å². The van der Waals surface area contributed by atoms with Crippen molar-refractivity contribution < 1.29 is 14.2 Å². The Morgan fingerprint density at radius 2 is 1.81 bits per heavy atom. The van der Waals surface area contributed by atoms with Crippen LogP contribution in [0.2, 0.25) is 0 Å². The molecule has 0 aliphatic heterocycles. The van der Waals surface area contributed by atoms with Crippen LogP contribution in [0, 0.1) is 0 Å². The van der Waals surface area contributed by atoms with Crippen molar-refractivity contribution in [3.05, 3.63) is 24.3 Å². The van der Waals surface area contributed by atoms with Gasteiger partial charge in [0.2, 0.25) is 5.52 Å². The molecule has 0 aliphatic rings. The lowest BCUT2D eigenvalue weighted by atomic mass is 10.3. The third-order valence-corrected chi connectivity index (χ3v) is 3.38. The first kappa shape index (κ1) is 13.1. The van der Waals surface area contributed by atoms with E-state index in [-0.39, 0.29) is 5.52 Å². The number of nitrogens with zero attached hydrogens (tertiary/aromatic N) is 1. The number of nitrogens with two attached hydrogens (primary N) is 1. The van der Waals surface area contributed by atoms with Gasteiger partial charge in [0.15, 0.2) is 0 Å². The minimum atomic E-state index is -1.72. The molecule has 0 saturated heterocycles. The summed E-state index contributed by atoms with van der Waals surface area (Å²) in [5, 5.41) is 0.655. The fourth-order valence-electron chi connectivity index (χ4n) is 1.23. The van der Waals surface area contributed by atoms with E-state index in [1.54, 1.807) is 24.3 Å². The Labute approximate surface area is 97.1 Å². The van der Waals surface area contributed by atoms with Gasteiger partial charge >= 0.3 is 0 Å². The summed E-state index contributed by atoms with van der Waals surface area (Å²) in [5.74, 6) is 0. The van der Waals surface area contributed by atoms with Crippen molar-refractivity contribution in [1.82, 2.24) is 0 Å². The summed E-state index contributed by atoms with van der Waals surface area (Å²) >= 11 is 0. The zero-order valence-corrected chi connectivity index (χ0v) is 10.7. The Balaban J connectivity index is 2.74. The van der Waals surface area contributed by atoms with Gasteiger partial charge in [-0.2, -0.15) is 0 Å². The van der Waals surface area contributed by atoms with E-state index in [1.165, 1.54) is 0 Å². The minimum Gasteiger partial charge on any atom is -0.399 e. The molecule has 16 heavy (non-hydrogen) atoms. The number of hydrogen-bond donors (Lipinski definition) is 2. The maximum atomic E-state index is 11.8. The monoisotopic (exact) mass is 241 g/mol. The van der Waals surface area contributed by atoms with Gasteiger partial charge in [0.1, 0.15) is 14.7 Å². The van der Waals surface area contributed by atoms with Crippen molar-refractivity contribution >= 4 is 24.7 Å². The van der Waals surface area contributed by atoms with Crippen molar-refractivity contribution in [3.63, 3.8) is 0 Å². The predicted octanol–water partition coefficient (Wildman–Crippen LogP) is 0.516. The van der Waals surface area contributed by atoms with Crippen molar-refractivity contribution in [2.75, 3.05) is 33.4 Å². The highest BCUT2D eigenvalue weighted by molar-refractivity contribution is 7.76. The molecule has 1 rings (SSSR count). The van der Waals surface area contributed by atoms with Gasteiger partial charge in [-0.25, -0.2) is 0 Å². The molecule has 0 spiro atoms. The first-order valence-electron chi connectivity index (χ1n) is 4.97. The van der Waals surface area contributed by atoms with Crippen molar-refractivity contribution in [2.24, 2.45) is 0 Å². The number of benzene rings is 1. The molecule has 0 amide bonds. The van der Waals surface area contributed by atoms with Crippen LogP contribution in [-0.4, -0.2) is 42.6 Å². The highest BCUT2D eigenvalue weighted by Gasteiger charge is 2.23. The number of anilines is 1. The van der Waals surface area contributed by atoms with E-state index in [2.05, 4.69) is 0 Å². The number of nitrogen functional groups attached to an aromatic ring is 1. The molecule has 1 unspecified atom stereocenters. The second-order valence-electron chi connectivity index (χ2n) is 4.75. The maximum absolute atomic E-state index is 11.8. The molecule has 0 fully saturated rings. The fraction of sp³-hybridized carbons (Fsp3) is 0.364. The summed E-state index contributed by atoms with van der Waals surface area (Å²) in [4.78, 5) is 21.7. The molecule has 1 aromatic rings. The Bertz CT molecular complexity index is 371. The van der Waals surface area contributed by atoms with Crippen LogP contribution in [0.3, 0.4) is 0 Å². The lowest BCUT2D eigenvalue weighted by molar-refractivity contribution is -0.861. The molecule has 0 aromatic heterocycles. The predicted molar refractivity (Wildman–Crippen MR) is 67.5 cm³/mol. The van der Waals surface area contributed by atoms with Crippen LogP contribution in [0.25, 0.3) is 0 Å². The number of quaternary nitrogens is 1. The number of likely N-dealkylation sites (N-methyl/N-ethyl adjacent to an activating group) is 1. The van der Waals surface area contributed by atoms with E-state index in [9.17, 15) is 9.69 Å². The van der Waals surface area contributed by atoms with Crippen molar-refractivity contribution in [3.8, 4) is 0 Å². The van der Waals surface area contributed by atoms with E-state index in [0.717, 1.165) is 0 Å². The molecule has 1 atom stereocenters. The molecule has 0 heterocycles. The molecular weight excluding hydrogens is 223 g/mol. The van der Waals surface area contributed by atoms with E-state index in [4.69, 9.17) is 5.73 Å². The molecule has 0 saturated carbocycles. The van der Waals surface area contributed by atoms with Crippen LogP contribution >= 0.6 is 8.15 Å². The maximum Gasteiger partial charge on any atom is 0.239 e. The Hall–Kier alpha value is -0.960. The van der Waals surface area contributed by atoms with Gasteiger partial charge in [-0.1, -0.05) is 0 Å². The smallest absolute Gasteiger partial charge is 0.239 e. The number of carbonyl (C=O) groups is 1. The average molecular weight is 241 g/mol. The quantitative estimate of drug-likeness (QED) is 0.459. The van der Waals surface area contributed by atoms with Gasteiger partial charge in [-0.3, -0.25) is 4.79 Å². The number of hydrogen-bond acceptors (Lipinski definition) is 3. The van der Waals surface area contributed by atoms with Gasteiger partial charge in [0.25, 0.3) is 0 Å². The standard InChI is InChI=1S/C11H18N2O2P/c1-13(2,3)8-11(14)16(15)10-6-4-9(12)5-7-10/h4-7,15H,8,12H2,1-3H3/q+1. The van der Waals surface area contributed by atoms with Crippen LogP contribution in [0.1, 0.15) is 0 Å². The van der Waals surface area contributed by atoms with Gasteiger partial charge in [0.05, 0.1) is 21.1 Å². The lowest BCUT2D eigenvalue weighted by Crippen LogP contribution is -2.39. The zero-order valence-electron chi connectivity index (χ0n) is 9.84. The molecule has 88 valence electrons. The topological polar surface area (TPSA) is 63.3 Å². The first-order valence-corrected chi connectivity index (χ1v) is 6.27. The van der Waals surface area contributed by atoms with E-state index < -0.39 is 8.15 Å². The zero-order chi connectivity index (χ0) is 12.3. The van der Waals surface area contributed by atoms with Crippen LogP contribution in [0.15, 0.2) is 24.3 Å². The van der Waals surface area contributed by atoms with Crippen LogP contribution in [0.5, 0.6) is 0 Å². The Morgan fingerprint density at radius 1 is 1.31 bits per heavy atom. The molecule has 4 nitrogen and oxygen atoms in total. The van der Waals surface area contributed by atoms with Crippen molar-refractivity contribution in [1.29, 1.82) is 0 Å². The molecule has 1 aromatic carbocycles. The third kappa shape index (κ3) is 3.89. The summed E-state index contributed by atoms with van der Waals surface area (Å²) < 4.78 is 0.521. The van der Waals surface area contributed by atoms with Gasteiger partial charge in [-0.05, 0) is 24.3 Å². The number of carbonyl (C=O) groups excluding carboxylic acids is 1. The molecular formula is C11H18N2O2P+. The van der Waals surface area contributed by atoms with Crippen LogP contribution in [-0.2, 0) is 4.79 Å². The first-order chi connectivity index (χ1) is 7.29. The molecule has 0 radical (unpaired) electrons. The second kappa shape index (κ2) is 4.91. The summed E-state index contributed by atoms with van der Waals surface area (Å²) in [6.07, 6.45) is 0. The van der Waals surface area contributed by atoms with Crippen LogP contribution in [0.4, 0.5) is 5.69 Å². The second-order valence-corrected chi connectivity index (χ2v) is 6.38.